The second-order valence-electron chi connectivity index (χ2n) is 4.11. The lowest BCUT2D eigenvalue weighted by Crippen LogP contribution is -2.31. The van der Waals surface area contributed by atoms with Gasteiger partial charge in [-0.2, -0.15) is 0 Å². The molecule has 0 heterocycles. The van der Waals surface area contributed by atoms with Crippen LogP contribution >= 0.6 is 0 Å². The van der Waals surface area contributed by atoms with Gasteiger partial charge in [-0.05, 0) is 38.0 Å². The summed E-state index contributed by atoms with van der Waals surface area (Å²) in [5.41, 5.74) is 6.35. The molecule has 1 aromatic rings. The average Bonchev–Trinajstić information content (AvgIpc) is 2.30. The number of nitrogens with one attached hydrogen (secondary N) is 1. The highest BCUT2D eigenvalue weighted by molar-refractivity contribution is 5.77. The number of hydrogen-bond acceptors (Lipinski definition) is 3. The minimum atomic E-state index is -0.121. The molecule has 0 aliphatic carbocycles. The molecule has 1 rings (SSSR count). The van der Waals surface area contributed by atoms with Crippen LogP contribution in [0.2, 0.25) is 0 Å². The number of rotatable bonds is 6. The Morgan fingerprint density at radius 1 is 1.35 bits per heavy atom. The molecule has 0 aliphatic rings. The summed E-state index contributed by atoms with van der Waals surface area (Å²) >= 11 is 0. The van der Waals surface area contributed by atoms with E-state index in [0.717, 1.165) is 12.2 Å². The number of ether oxygens (including phenoxy) is 1. The molecule has 94 valence electrons. The Hall–Kier alpha value is -1.55. The Balaban J connectivity index is 2.37. The fraction of sp³-hybridized carbons (Fsp3) is 0.462. The molecule has 3 N–H and O–H groups in total. The molecule has 17 heavy (non-hydrogen) atoms. The van der Waals surface area contributed by atoms with Gasteiger partial charge in [0.05, 0.1) is 12.6 Å². The van der Waals surface area contributed by atoms with E-state index >= 15 is 0 Å². The van der Waals surface area contributed by atoms with Crippen molar-refractivity contribution >= 4 is 5.91 Å². The first-order valence-electron chi connectivity index (χ1n) is 5.84. The van der Waals surface area contributed by atoms with Gasteiger partial charge in [-0.15, -0.1) is 0 Å². The van der Waals surface area contributed by atoms with Crippen molar-refractivity contribution in [1.29, 1.82) is 0 Å². The van der Waals surface area contributed by atoms with E-state index in [1.54, 1.807) is 0 Å². The summed E-state index contributed by atoms with van der Waals surface area (Å²) in [7, 11) is 0. The zero-order chi connectivity index (χ0) is 12.7. The van der Waals surface area contributed by atoms with Crippen LogP contribution in [0.5, 0.6) is 5.75 Å². The lowest BCUT2D eigenvalue weighted by Gasteiger charge is -2.10. The van der Waals surface area contributed by atoms with E-state index in [2.05, 4.69) is 5.32 Å². The van der Waals surface area contributed by atoms with Crippen molar-refractivity contribution in [3.63, 3.8) is 0 Å². The summed E-state index contributed by atoms with van der Waals surface area (Å²) < 4.78 is 5.54. The Labute approximate surface area is 102 Å². The normalized spacial score (nSPS) is 10.4. The Bertz CT molecular complexity index is 347. The third-order valence-electron chi connectivity index (χ3n) is 2.22. The van der Waals surface area contributed by atoms with Crippen molar-refractivity contribution < 1.29 is 9.53 Å². The standard InChI is InChI=1S/C13H20N2O2/c1-10(2)17-12-5-3-11(4-6-12)7-8-15-13(16)9-14/h3-6,10H,7-9,14H2,1-2H3,(H,15,16). The predicted molar refractivity (Wildman–Crippen MR) is 68.0 cm³/mol. The largest absolute Gasteiger partial charge is 0.491 e. The van der Waals surface area contributed by atoms with Crippen molar-refractivity contribution in [2.24, 2.45) is 5.73 Å². The molecule has 1 aromatic carbocycles. The Morgan fingerprint density at radius 2 is 2.00 bits per heavy atom. The highest BCUT2D eigenvalue weighted by atomic mass is 16.5. The van der Waals surface area contributed by atoms with Gasteiger partial charge < -0.3 is 15.8 Å². The highest BCUT2D eigenvalue weighted by Gasteiger charge is 1.99. The van der Waals surface area contributed by atoms with E-state index in [0.29, 0.717) is 6.54 Å². The van der Waals surface area contributed by atoms with Crippen LogP contribution in [0, 0.1) is 0 Å². The molecular formula is C13H20N2O2. The van der Waals surface area contributed by atoms with E-state index in [1.807, 2.05) is 38.1 Å². The lowest BCUT2D eigenvalue weighted by atomic mass is 10.1. The van der Waals surface area contributed by atoms with Gasteiger partial charge in [0, 0.05) is 6.54 Å². The average molecular weight is 236 g/mol. The minimum absolute atomic E-state index is 0.0428. The number of carbonyl (C=O) groups excluding carboxylic acids is 1. The molecule has 1 amide bonds. The maximum Gasteiger partial charge on any atom is 0.233 e. The summed E-state index contributed by atoms with van der Waals surface area (Å²) in [4.78, 5) is 10.9. The number of amides is 1. The van der Waals surface area contributed by atoms with E-state index in [4.69, 9.17) is 10.5 Å². The Kier molecular flexibility index (Phi) is 5.49. The quantitative estimate of drug-likeness (QED) is 0.777. The van der Waals surface area contributed by atoms with Gasteiger partial charge >= 0.3 is 0 Å². The summed E-state index contributed by atoms with van der Waals surface area (Å²) in [6, 6.07) is 7.90. The minimum Gasteiger partial charge on any atom is -0.491 e. The van der Waals surface area contributed by atoms with Crippen molar-refractivity contribution in [3.05, 3.63) is 29.8 Å². The molecule has 4 heteroatoms. The topological polar surface area (TPSA) is 64.3 Å². The smallest absolute Gasteiger partial charge is 0.233 e. The maximum atomic E-state index is 10.9. The van der Waals surface area contributed by atoms with E-state index in [9.17, 15) is 4.79 Å². The van der Waals surface area contributed by atoms with Crippen LogP contribution in [0.3, 0.4) is 0 Å². The van der Waals surface area contributed by atoms with Crippen LogP contribution in [-0.4, -0.2) is 25.1 Å². The molecule has 0 radical (unpaired) electrons. The van der Waals surface area contributed by atoms with Gasteiger partial charge in [0.2, 0.25) is 5.91 Å². The molecule has 0 aliphatic heterocycles. The van der Waals surface area contributed by atoms with Gasteiger partial charge in [-0.3, -0.25) is 4.79 Å². The van der Waals surface area contributed by atoms with Gasteiger partial charge in [0.25, 0.3) is 0 Å². The zero-order valence-electron chi connectivity index (χ0n) is 10.4. The molecule has 4 nitrogen and oxygen atoms in total. The molecule has 0 saturated carbocycles. The molecular weight excluding hydrogens is 216 g/mol. The van der Waals surface area contributed by atoms with Crippen LogP contribution in [0.25, 0.3) is 0 Å². The number of hydrogen-bond donors (Lipinski definition) is 2. The van der Waals surface area contributed by atoms with Crippen molar-refractivity contribution in [1.82, 2.24) is 5.32 Å². The fourth-order valence-corrected chi connectivity index (χ4v) is 1.43. The number of carbonyl (C=O) groups is 1. The predicted octanol–water partition coefficient (Wildman–Crippen LogP) is 1.09. The first kappa shape index (κ1) is 13.5. The molecule has 0 aromatic heterocycles. The van der Waals surface area contributed by atoms with Crippen LogP contribution in [0.1, 0.15) is 19.4 Å². The van der Waals surface area contributed by atoms with Crippen LogP contribution < -0.4 is 15.8 Å². The summed E-state index contributed by atoms with van der Waals surface area (Å²) in [5, 5.41) is 2.73. The van der Waals surface area contributed by atoms with Gasteiger partial charge in [0.15, 0.2) is 0 Å². The first-order valence-corrected chi connectivity index (χ1v) is 5.84. The molecule has 0 saturated heterocycles. The highest BCUT2D eigenvalue weighted by Crippen LogP contribution is 2.13. The lowest BCUT2D eigenvalue weighted by molar-refractivity contribution is -0.119. The number of nitrogens with two attached hydrogens (primary N) is 1. The van der Waals surface area contributed by atoms with E-state index < -0.39 is 0 Å². The van der Waals surface area contributed by atoms with Crippen molar-refractivity contribution in [2.45, 2.75) is 26.4 Å². The number of benzene rings is 1. The monoisotopic (exact) mass is 236 g/mol. The maximum absolute atomic E-state index is 10.9. The molecule has 0 spiro atoms. The third kappa shape index (κ3) is 5.36. The summed E-state index contributed by atoms with van der Waals surface area (Å²) in [6.45, 7) is 4.65. The zero-order valence-corrected chi connectivity index (χ0v) is 10.4. The molecule has 0 unspecified atom stereocenters. The van der Waals surface area contributed by atoms with Gasteiger partial charge in [-0.1, -0.05) is 12.1 Å². The van der Waals surface area contributed by atoms with E-state index in [-0.39, 0.29) is 18.6 Å². The molecule has 0 fully saturated rings. The molecule has 0 bridgehead atoms. The summed E-state index contributed by atoms with van der Waals surface area (Å²) in [6.07, 6.45) is 0.984. The SMILES string of the molecule is CC(C)Oc1ccc(CCNC(=O)CN)cc1. The van der Waals surface area contributed by atoms with E-state index in [1.165, 1.54) is 5.56 Å². The van der Waals surface area contributed by atoms with Gasteiger partial charge in [0.1, 0.15) is 5.75 Å². The van der Waals surface area contributed by atoms with Crippen LogP contribution in [0.4, 0.5) is 0 Å². The van der Waals surface area contributed by atoms with Crippen LogP contribution in [0.15, 0.2) is 24.3 Å². The summed E-state index contributed by atoms with van der Waals surface area (Å²) in [5.74, 6) is 0.750. The fourth-order valence-electron chi connectivity index (χ4n) is 1.43. The van der Waals surface area contributed by atoms with Crippen molar-refractivity contribution in [2.75, 3.05) is 13.1 Å². The molecule has 0 atom stereocenters. The van der Waals surface area contributed by atoms with Gasteiger partial charge in [-0.25, -0.2) is 0 Å². The van der Waals surface area contributed by atoms with Crippen LogP contribution in [-0.2, 0) is 11.2 Å². The van der Waals surface area contributed by atoms with Crippen molar-refractivity contribution in [3.8, 4) is 5.75 Å². The first-order chi connectivity index (χ1) is 8.11. The second kappa shape index (κ2) is 6.91. The second-order valence-corrected chi connectivity index (χ2v) is 4.11. The third-order valence-corrected chi connectivity index (χ3v) is 2.22. The Morgan fingerprint density at radius 3 is 2.53 bits per heavy atom.